The van der Waals surface area contributed by atoms with Crippen LogP contribution in [0.1, 0.15) is 30.6 Å². The Hall–Kier alpha value is -1.28. The molecule has 2 heteroatoms. The average Bonchev–Trinajstić information content (AvgIpc) is 2.43. The molecule has 0 aromatic heterocycles. The van der Waals surface area contributed by atoms with Gasteiger partial charge in [-0.2, -0.15) is 11.8 Å². The van der Waals surface area contributed by atoms with Crippen LogP contribution in [0.25, 0.3) is 10.8 Å². The molecule has 0 radical (unpaired) electrons. The summed E-state index contributed by atoms with van der Waals surface area (Å²) in [4.78, 5) is 12.1. The SMILES string of the molecule is CC[C@@H](C)SCC(=O)c1ccc2ccccc2c1. The second-order valence-electron chi connectivity index (χ2n) is 4.51. The van der Waals surface area contributed by atoms with Crippen LogP contribution in [0, 0.1) is 0 Å². The average molecular weight is 258 g/mol. The van der Waals surface area contributed by atoms with Crippen molar-refractivity contribution >= 4 is 28.3 Å². The van der Waals surface area contributed by atoms with Crippen LogP contribution in [0.15, 0.2) is 42.5 Å². The Labute approximate surface area is 113 Å². The van der Waals surface area contributed by atoms with E-state index in [1.165, 1.54) is 5.39 Å². The number of benzene rings is 2. The molecule has 0 unspecified atom stereocenters. The number of ketones is 1. The molecular formula is C16H18OS. The number of rotatable bonds is 5. The number of hydrogen-bond acceptors (Lipinski definition) is 2. The van der Waals surface area contributed by atoms with E-state index in [1.54, 1.807) is 11.8 Å². The van der Waals surface area contributed by atoms with E-state index >= 15 is 0 Å². The summed E-state index contributed by atoms with van der Waals surface area (Å²) in [7, 11) is 0. The van der Waals surface area contributed by atoms with Gasteiger partial charge in [0, 0.05) is 10.8 Å². The molecule has 18 heavy (non-hydrogen) atoms. The second-order valence-corrected chi connectivity index (χ2v) is 5.94. The van der Waals surface area contributed by atoms with Crippen LogP contribution in [-0.2, 0) is 0 Å². The Morgan fingerprint density at radius 1 is 1.17 bits per heavy atom. The Kier molecular flexibility index (Phi) is 4.43. The van der Waals surface area contributed by atoms with Crippen molar-refractivity contribution in [3.05, 3.63) is 48.0 Å². The first-order valence-electron chi connectivity index (χ1n) is 6.34. The standard InChI is InChI=1S/C16H18OS/c1-3-12(2)18-11-16(17)15-9-8-13-6-4-5-7-14(13)10-15/h4-10,12H,3,11H2,1-2H3/t12-/m1/s1. The van der Waals surface area contributed by atoms with E-state index in [9.17, 15) is 4.79 Å². The molecule has 94 valence electrons. The summed E-state index contributed by atoms with van der Waals surface area (Å²) in [5.41, 5.74) is 0.824. The first-order chi connectivity index (χ1) is 8.70. The smallest absolute Gasteiger partial charge is 0.172 e. The van der Waals surface area contributed by atoms with Crippen molar-refractivity contribution in [2.24, 2.45) is 0 Å². The largest absolute Gasteiger partial charge is 0.293 e. The summed E-state index contributed by atoms with van der Waals surface area (Å²) in [6.07, 6.45) is 1.11. The quantitative estimate of drug-likeness (QED) is 0.732. The van der Waals surface area contributed by atoms with E-state index in [2.05, 4.69) is 19.9 Å². The highest BCUT2D eigenvalue weighted by Gasteiger charge is 2.08. The van der Waals surface area contributed by atoms with Crippen LogP contribution in [0.4, 0.5) is 0 Å². The van der Waals surface area contributed by atoms with Crippen molar-refractivity contribution < 1.29 is 4.79 Å². The third kappa shape index (κ3) is 3.14. The molecule has 2 aromatic carbocycles. The Bertz CT molecular complexity index is 548. The minimum absolute atomic E-state index is 0.228. The third-order valence-corrected chi connectivity index (χ3v) is 4.48. The topological polar surface area (TPSA) is 17.1 Å². The van der Waals surface area contributed by atoms with E-state index < -0.39 is 0 Å². The lowest BCUT2D eigenvalue weighted by Gasteiger charge is -2.07. The van der Waals surface area contributed by atoms with Gasteiger partial charge in [0.25, 0.3) is 0 Å². The van der Waals surface area contributed by atoms with Gasteiger partial charge in [-0.05, 0) is 23.3 Å². The van der Waals surface area contributed by atoms with Gasteiger partial charge in [-0.3, -0.25) is 4.79 Å². The van der Waals surface area contributed by atoms with Crippen LogP contribution in [0.2, 0.25) is 0 Å². The van der Waals surface area contributed by atoms with Gasteiger partial charge in [0.2, 0.25) is 0 Å². The predicted molar refractivity (Wildman–Crippen MR) is 80.5 cm³/mol. The number of thioether (sulfide) groups is 1. The molecule has 0 aliphatic rings. The highest BCUT2D eigenvalue weighted by molar-refractivity contribution is 8.00. The molecule has 1 atom stereocenters. The zero-order chi connectivity index (χ0) is 13.0. The molecule has 0 amide bonds. The van der Waals surface area contributed by atoms with Gasteiger partial charge in [0.15, 0.2) is 5.78 Å². The molecule has 0 saturated carbocycles. The molecule has 0 fully saturated rings. The molecule has 0 spiro atoms. The summed E-state index contributed by atoms with van der Waals surface area (Å²) in [6, 6.07) is 14.1. The van der Waals surface area contributed by atoms with Crippen LogP contribution < -0.4 is 0 Å². The van der Waals surface area contributed by atoms with Gasteiger partial charge in [-0.15, -0.1) is 0 Å². The monoisotopic (exact) mass is 258 g/mol. The molecule has 0 aliphatic heterocycles. The third-order valence-electron chi connectivity index (χ3n) is 3.15. The van der Waals surface area contributed by atoms with Crippen molar-refractivity contribution in [2.75, 3.05) is 5.75 Å². The van der Waals surface area contributed by atoms with E-state index in [-0.39, 0.29) is 5.78 Å². The minimum atomic E-state index is 0.228. The van der Waals surface area contributed by atoms with Gasteiger partial charge < -0.3 is 0 Å². The fourth-order valence-electron chi connectivity index (χ4n) is 1.78. The predicted octanol–water partition coefficient (Wildman–Crippen LogP) is 4.55. The summed E-state index contributed by atoms with van der Waals surface area (Å²) in [6.45, 7) is 4.32. The maximum atomic E-state index is 12.1. The molecule has 0 bridgehead atoms. The van der Waals surface area contributed by atoms with Crippen molar-refractivity contribution in [1.82, 2.24) is 0 Å². The van der Waals surface area contributed by atoms with E-state index in [0.717, 1.165) is 17.4 Å². The maximum Gasteiger partial charge on any atom is 0.172 e. The lowest BCUT2D eigenvalue weighted by atomic mass is 10.1. The fraction of sp³-hybridized carbons (Fsp3) is 0.312. The molecule has 0 aliphatic carbocycles. The number of carbonyl (C=O) groups excluding carboxylic acids is 1. The molecule has 0 saturated heterocycles. The molecule has 0 N–H and O–H groups in total. The second kappa shape index (κ2) is 6.05. The zero-order valence-electron chi connectivity index (χ0n) is 10.8. The Morgan fingerprint density at radius 2 is 1.89 bits per heavy atom. The first-order valence-corrected chi connectivity index (χ1v) is 7.39. The van der Waals surface area contributed by atoms with Crippen molar-refractivity contribution in [2.45, 2.75) is 25.5 Å². The summed E-state index contributed by atoms with van der Waals surface area (Å²) >= 11 is 1.74. The zero-order valence-corrected chi connectivity index (χ0v) is 11.7. The Morgan fingerprint density at radius 3 is 2.61 bits per heavy atom. The van der Waals surface area contributed by atoms with Gasteiger partial charge in [-0.1, -0.05) is 50.2 Å². The van der Waals surface area contributed by atoms with Crippen LogP contribution in [-0.4, -0.2) is 16.8 Å². The number of fused-ring (bicyclic) bond motifs is 1. The lowest BCUT2D eigenvalue weighted by molar-refractivity contribution is 0.102. The van der Waals surface area contributed by atoms with E-state index in [1.807, 2.05) is 36.4 Å². The van der Waals surface area contributed by atoms with Crippen LogP contribution >= 0.6 is 11.8 Å². The molecule has 1 nitrogen and oxygen atoms in total. The minimum Gasteiger partial charge on any atom is -0.293 e. The van der Waals surface area contributed by atoms with Crippen LogP contribution in [0.5, 0.6) is 0 Å². The van der Waals surface area contributed by atoms with Gasteiger partial charge >= 0.3 is 0 Å². The van der Waals surface area contributed by atoms with Crippen molar-refractivity contribution in [3.8, 4) is 0 Å². The number of Topliss-reactive ketones (excluding diaryl/α,β-unsaturated/α-hetero) is 1. The molecular weight excluding hydrogens is 240 g/mol. The van der Waals surface area contributed by atoms with Gasteiger partial charge in [0.1, 0.15) is 0 Å². The highest BCUT2D eigenvalue weighted by atomic mass is 32.2. The van der Waals surface area contributed by atoms with E-state index in [4.69, 9.17) is 0 Å². The molecule has 2 aromatic rings. The fourth-order valence-corrected chi connectivity index (χ4v) is 2.62. The van der Waals surface area contributed by atoms with Crippen LogP contribution in [0.3, 0.4) is 0 Å². The number of carbonyl (C=O) groups is 1. The molecule has 2 rings (SSSR count). The summed E-state index contributed by atoms with van der Waals surface area (Å²) in [5.74, 6) is 0.805. The summed E-state index contributed by atoms with van der Waals surface area (Å²) < 4.78 is 0. The first kappa shape index (κ1) is 13.2. The van der Waals surface area contributed by atoms with Crippen molar-refractivity contribution in [3.63, 3.8) is 0 Å². The van der Waals surface area contributed by atoms with E-state index in [0.29, 0.717) is 11.0 Å². The number of hydrogen-bond donors (Lipinski definition) is 0. The lowest BCUT2D eigenvalue weighted by Crippen LogP contribution is -2.06. The maximum absolute atomic E-state index is 12.1. The van der Waals surface area contributed by atoms with Crippen molar-refractivity contribution in [1.29, 1.82) is 0 Å². The summed E-state index contributed by atoms with van der Waals surface area (Å²) in [5, 5.41) is 2.87. The Balaban J connectivity index is 2.13. The highest BCUT2D eigenvalue weighted by Crippen LogP contribution is 2.19. The van der Waals surface area contributed by atoms with Gasteiger partial charge in [-0.25, -0.2) is 0 Å². The molecule has 0 heterocycles. The normalized spacial score (nSPS) is 12.6. The van der Waals surface area contributed by atoms with Gasteiger partial charge in [0.05, 0.1) is 5.75 Å².